The van der Waals surface area contributed by atoms with Gasteiger partial charge >= 0.3 is 0 Å². The van der Waals surface area contributed by atoms with Gasteiger partial charge in [0.1, 0.15) is 0 Å². The molecule has 0 unspecified atom stereocenters. The molecule has 13 rings (SSSR count). The molecule has 2 fully saturated rings. The lowest BCUT2D eigenvalue weighted by Crippen LogP contribution is -2.20. The number of nitrogens with zero attached hydrogens (tertiary/aromatic N) is 2. The van der Waals surface area contributed by atoms with Crippen LogP contribution in [0.15, 0.2) is 170 Å². The van der Waals surface area contributed by atoms with Crippen LogP contribution < -0.4 is 0 Å². The second kappa shape index (κ2) is 12.9. The third-order valence-electron chi connectivity index (χ3n) is 15.1. The summed E-state index contributed by atoms with van der Waals surface area (Å²) >= 11 is 0. The third-order valence-corrected chi connectivity index (χ3v) is 15.1. The van der Waals surface area contributed by atoms with Crippen molar-refractivity contribution in [3.05, 3.63) is 193 Å². The second-order valence-electron chi connectivity index (χ2n) is 17.9. The van der Waals surface area contributed by atoms with Crippen LogP contribution in [-0.2, 0) is 10.8 Å². The minimum absolute atomic E-state index is 0.0958. The quantitative estimate of drug-likeness (QED) is 0.167. The molecule has 0 N–H and O–H groups in total. The Kier molecular flexibility index (Phi) is 7.38. The summed E-state index contributed by atoms with van der Waals surface area (Å²) in [5.74, 6) is 0. The topological polar surface area (TPSA) is 25.8 Å². The van der Waals surface area contributed by atoms with Gasteiger partial charge in [-0.05, 0) is 156 Å². The molecule has 2 nitrogen and oxygen atoms in total. The Morgan fingerprint density at radius 2 is 0.867 bits per heavy atom. The number of rotatable bonds is 4. The van der Waals surface area contributed by atoms with Crippen LogP contribution in [0.4, 0.5) is 0 Å². The lowest BCUT2D eigenvalue weighted by molar-refractivity contribution is 0.550. The van der Waals surface area contributed by atoms with E-state index in [4.69, 9.17) is 4.98 Å². The fourth-order valence-corrected chi connectivity index (χ4v) is 12.5. The maximum absolute atomic E-state index is 4.95. The summed E-state index contributed by atoms with van der Waals surface area (Å²) in [6.45, 7) is 0. The molecule has 4 aliphatic carbocycles. The molecule has 0 atom stereocenters. The Bertz CT molecular complexity index is 3200. The standard InChI is InChI=1S/C58H44N2/c1-2-16-47-46(15-1)55(38-20-23-44-42-13-3-5-17-50(42)57(52(44)33-38)27-7-8-28-57)48-25-19-37(40-22-26-54(60-36-40)41-12-11-31-59-35-41)32-49(48)56(47)39-21-24-45-43-14-4-6-18-51(43)58(53(45)34-39)29-9-10-30-58/h1-6,11-26,31-36H,7-10,27-30H2. The molecule has 0 amide bonds. The lowest BCUT2D eigenvalue weighted by Gasteiger charge is -2.28. The molecule has 2 heterocycles. The first kappa shape index (κ1) is 34.2. The highest BCUT2D eigenvalue weighted by Gasteiger charge is 2.46. The molecule has 2 spiro atoms. The van der Waals surface area contributed by atoms with Crippen molar-refractivity contribution in [1.29, 1.82) is 0 Å². The van der Waals surface area contributed by atoms with Gasteiger partial charge in [0, 0.05) is 40.5 Å². The largest absolute Gasteiger partial charge is 0.264 e. The highest BCUT2D eigenvalue weighted by molar-refractivity contribution is 6.22. The first-order chi connectivity index (χ1) is 29.7. The van der Waals surface area contributed by atoms with E-state index in [9.17, 15) is 0 Å². The molecule has 0 bridgehead atoms. The van der Waals surface area contributed by atoms with Gasteiger partial charge in [0.25, 0.3) is 0 Å². The molecule has 60 heavy (non-hydrogen) atoms. The fraction of sp³-hybridized carbons (Fsp3) is 0.172. The number of pyridine rings is 2. The van der Waals surface area contributed by atoms with Crippen LogP contribution in [0.1, 0.15) is 73.6 Å². The summed E-state index contributed by atoms with van der Waals surface area (Å²) in [6.07, 6.45) is 15.7. The highest BCUT2D eigenvalue weighted by Crippen LogP contribution is 2.60. The van der Waals surface area contributed by atoms with Gasteiger partial charge in [0.2, 0.25) is 0 Å². The molecule has 4 aliphatic rings. The van der Waals surface area contributed by atoms with Gasteiger partial charge in [0.05, 0.1) is 5.69 Å². The Hall–Kier alpha value is -6.64. The van der Waals surface area contributed by atoms with Gasteiger partial charge in [-0.25, -0.2) is 0 Å². The lowest BCUT2D eigenvalue weighted by atomic mass is 9.75. The molecular formula is C58H44N2. The Labute approximate surface area is 351 Å². The van der Waals surface area contributed by atoms with Gasteiger partial charge in [0.15, 0.2) is 0 Å². The highest BCUT2D eigenvalue weighted by atomic mass is 14.7. The average Bonchev–Trinajstić information content (AvgIpc) is 4.12. The van der Waals surface area contributed by atoms with Crippen molar-refractivity contribution in [2.75, 3.05) is 0 Å². The molecule has 9 aromatic rings. The third kappa shape index (κ3) is 4.76. The van der Waals surface area contributed by atoms with Crippen LogP contribution in [0.5, 0.6) is 0 Å². The van der Waals surface area contributed by atoms with Crippen LogP contribution in [0.3, 0.4) is 0 Å². The molecule has 2 saturated carbocycles. The van der Waals surface area contributed by atoms with Crippen molar-refractivity contribution >= 4 is 21.5 Å². The van der Waals surface area contributed by atoms with E-state index in [2.05, 4.69) is 151 Å². The molecule has 0 radical (unpaired) electrons. The number of benzene rings is 7. The van der Waals surface area contributed by atoms with E-state index < -0.39 is 0 Å². The summed E-state index contributed by atoms with van der Waals surface area (Å²) in [5, 5.41) is 5.19. The van der Waals surface area contributed by atoms with Crippen LogP contribution in [0.2, 0.25) is 0 Å². The van der Waals surface area contributed by atoms with Gasteiger partial charge in [-0.1, -0.05) is 141 Å². The van der Waals surface area contributed by atoms with E-state index >= 15 is 0 Å². The predicted octanol–water partition coefficient (Wildman–Crippen LogP) is 15.1. The first-order valence-corrected chi connectivity index (χ1v) is 22.1. The zero-order valence-corrected chi connectivity index (χ0v) is 33.7. The summed E-state index contributed by atoms with van der Waals surface area (Å²) < 4.78 is 0. The molecule has 286 valence electrons. The molecule has 0 aliphatic heterocycles. The van der Waals surface area contributed by atoms with Crippen molar-refractivity contribution < 1.29 is 0 Å². The van der Waals surface area contributed by atoms with Crippen LogP contribution >= 0.6 is 0 Å². The Morgan fingerprint density at radius 3 is 1.43 bits per heavy atom. The molecule has 2 aromatic heterocycles. The predicted molar refractivity (Wildman–Crippen MR) is 248 cm³/mol. The van der Waals surface area contributed by atoms with Crippen molar-refractivity contribution in [3.8, 4) is 66.9 Å². The van der Waals surface area contributed by atoms with E-state index in [1.807, 2.05) is 24.7 Å². The van der Waals surface area contributed by atoms with E-state index in [1.54, 1.807) is 0 Å². The number of aromatic nitrogens is 2. The van der Waals surface area contributed by atoms with Gasteiger partial charge < -0.3 is 0 Å². The number of fused-ring (bicyclic) bond motifs is 12. The van der Waals surface area contributed by atoms with E-state index in [0.717, 1.165) is 16.8 Å². The van der Waals surface area contributed by atoms with Crippen LogP contribution in [-0.4, -0.2) is 9.97 Å². The molecule has 2 heteroatoms. The summed E-state index contributed by atoms with van der Waals surface area (Å²) in [6, 6.07) is 58.1. The van der Waals surface area contributed by atoms with Gasteiger partial charge in [-0.15, -0.1) is 0 Å². The summed E-state index contributed by atoms with van der Waals surface area (Å²) in [4.78, 5) is 9.29. The van der Waals surface area contributed by atoms with Crippen molar-refractivity contribution in [1.82, 2.24) is 9.97 Å². The van der Waals surface area contributed by atoms with Gasteiger partial charge in [-0.3, -0.25) is 9.97 Å². The van der Waals surface area contributed by atoms with Crippen LogP contribution in [0.25, 0.3) is 88.4 Å². The summed E-state index contributed by atoms with van der Waals surface area (Å²) in [5.41, 5.74) is 21.5. The number of hydrogen-bond donors (Lipinski definition) is 0. The second-order valence-corrected chi connectivity index (χ2v) is 17.9. The van der Waals surface area contributed by atoms with Crippen LogP contribution in [0, 0.1) is 0 Å². The van der Waals surface area contributed by atoms with E-state index in [0.29, 0.717) is 0 Å². The Balaban J connectivity index is 1.06. The van der Waals surface area contributed by atoms with E-state index in [-0.39, 0.29) is 10.8 Å². The summed E-state index contributed by atoms with van der Waals surface area (Å²) in [7, 11) is 0. The minimum atomic E-state index is 0.0958. The van der Waals surface area contributed by atoms with Gasteiger partial charge in [-0.2, -0.15) is 0 Å². The maximum atomic E-state index is 4.95. The fourth-order valence-electron chi connectivity index (χ4n) is 12.5. The first-order valence-electron chi connectivity index (χ1n) is 22.1. The van der Waals surface area contributed by atoms with Crippen molar-refractivity contribution in [3.63, 3.8) is 0 Å². The zero-order valence-electron chi connectivity index (χ0n) is 33.7. The van der Waals surface area contributed by atoms with E-state index in [1.165, 1.54) is 145 Å². The molecule has 0 saturated heterocycles. The monoisotopic (exact) mass is 768 g/mol. The van der Waals surface area contributed by atoms with Crippen molar-refractivity contribution in [2.45, 2.75) is 62.2 Å². The zero-order chi connectivity index (χ0) is 39.4. The normalized spacial score (nSPS) is 16.4. The minimum Gasteiger partial charge on any atom is -0.264 e. The molecule has 7 aromatic carbocycles. The SMILES string of the molecule is c1cncc(-c2ccc(-c3ccc4c(-c5ccc6c(c5)C5(CCCC5)c5ccccc5-6)c5ccccc5c(-c5ccc6c(c5)C5(CCCC5)c5ccccc5-6)c4c3)cn2)c1. The Morgan fingerprint density at radius 1 is 0.350 bits per heavy atom. The number of hydrogen-bond acceptors (Lipinski definition) is 2. The molecular weight excluding hydrogens is 725 g/mol. The van der Waals surface area contributed by atoms with Crippen molar-refractivity contribution in [2.24, 2.45) is 0 Å². The maximum Gasteiger partial charge on any atom is 0.0717 e. The average molecular weight is 769 g/mol. The smallest absolute Gasteiger partial charge is 0.0717 e.